The summed E-state index contributed by atoms with van der Waals surface area (Å²) in [5.74, 6) is -1.49. The van der Waals surface area contributed by atoms with Crippen molar-refractivity contribution in [2.45, 2.75) is 4.90 Å². The molecule has 0 aliphatic carbocycles. The van der Waals surface area contributed by atoms with E-state index in [2.05, 4.69) is 19.7 Å². The molecule has 7 nitrogen and oxygen atoms in total. The number of hydrogen-bond donors (Lipinski definition) is 2. The van der Waals surface area contributed by atoms with Gasteiger partial charge in [-0.25, -0.2) is 23.7 Å². The molecule has 0 aliphatic heterocycles. The molecule has 3 aromatic heterocycles. The van der Waals surface area contributed by atoms with Crippen molar-refractivity contribution in [1.82, 2.24) is 19.5 Å². The minimum absolute atomic E-state index is 0.0291. The number of rotatable bonds is 5. The number of nitrogens with zero attached hydrogens (tertiary/aromatic N) is 4. The number of nitrogens with one attached hydrogen (secondary N) is 1. The zero-order chi connectivity index (χ0) is 21.4. The van der Waals surface area contributed by atoms with E-state index in [1.807, 2.05) is 0 Å². The van der Waals surface area contributed by atoms with Crippen LogP contribution < -0.4 is 15.2 Å². The highest BCUT2D eigenvalue weighted by Crippen LogP contribution is 2.37. The van der Waals surface area contributed by atoms with E-state index in [0.717, 1.165) is 18.0 Å². The molecule has 0 fully saturated rings. The average molecular weight is 449 g/mol. The van der Waals surface area contributed by atoms with Gasteiger partial charge in [0, 0.05) is 42.3 Å². The molecule has 154 valence electrons. The summed E-state index contributed by atoms with van der Waals surface area (Å²) in [7, 11) is 3.21. The molecule has 0 bridgehead atoms. The van der Waals surface area contributed by atoms with E-state index in [4.69, 9.17) is 22.1 Å². The van der Waals surface area contributed by atoms with Crippen molar-refractivity contribution in [3.63, 3.8) is 0 Å². The number of halogens is 3. The van der Waals surface area contributed by atoms with Crippen LogP contribution in [-0.4, -0.2) is 26.6 Å². The first kappa shape index (κ1) is 20.2. The van der Waals surface area contributed by atoms with E-state index in [0.29, 0.717) is 38.1 Å². The molecule has 0 atom stereocenters. The lowest BCUT2D eigenvalue weighted by molar-refractivity contribution is 0.387. The van der Waals surface area contributed by atoms with Gasteiger partial charge in [-0.05, 0) is 24.1 Å². The van der Waals surface area contributed by atoms with Gasteiger partial charge in [0.05, 0.1) is 22.4 Å². The summed E-state index contributed by atoms with van der Waals surface area (Å²) >= 11 is 7.09. The summed E-state index contributed by atoms with van der Waals surface area (Å²) in [5.41, 5.74) is 7.23. The number of aromatic nitrogens is 4. The fourth-order valence-electron chi connectivity index (χ4n) is 3.03. The molecule has 4 rings (SSSR count). The molecular weight excluding hydrogens is 434 g/mol. The van der Waals surface area contributed by atoms with Crippen LogP contribution in [0.15, 0.2) is 41.8 Å². The molecule has 0 amide bonds. The fraction of sp³-hybridized carbons (Fsp3) is 0.105. The highest BCUT2D eigenvalue weighted by molar-refractivity contribution is 8.00. The second-order valence-corrected chi connectivity index (χ2v) is 7.58. The fourth-order valence-corrected chi connectivity index (χ4v) is 4.01. The summed E-state index contributed by atoms with van der Waals surface area (Å²) in [6.45, 7) is 0. The molecule has 4 aromatic rings. The number of anilines is 2. The first-order valence-electron chi connectivity index (χ1n) is 8.56. The van der Waals surface area contributed by atoms with Crippen LogP contribution in [0.5, 0.6) is 5.88 Å². The SMILES string of the molecule is COc1ncc(Cl)cc1SNc1cc(F)c(F)c(-c2cn(C)c3ncnc(N)c23)c1. The first-order chi connectivity index (χ1) is 14.4. The van der Waals surface area contributed by atoms with Gasteiger partial charge in [-0.15, -0.1) is 0 Å². The van der Waals surface area contributed by atoms with Crippen LogP contribution in [0.4, 0.5) is 20.3 Å². The molecule has 0 spiro atoms. The van der Waals surface area contributed by atoms with E-state index in [9.17, 15) is 8.78 Å². The third-order valence-corrected chi connectivity index (χ3v) is 5.42. The number of methoxy groups -OCH3 is 1. The lowest BCUT2D eigenvalue weighted by atomic mass is 10.0. The predicted octanol–water partition coefficient (Wildman–Crippen LogP) is 4.67. The summed E-state index contributed by atoms with van der Waals surface area (Å²) < 4.78 is 39.0. The maximum Gasteiger partial charge on any atom is 0.228 e. The van der Waals surface area contributed by atoms with Crippen molar-refractivity contribution in [2.75, 3.05) is 17.6 Å². The van der Waals surface area contributed by atoms with Gasteiger partial charge in [0.2, 0.25) is 5.88 Å². The quantitative estimate of drug-likeness (QED) is 0.428. The molecule has 30 heavy (non-hydrogen) atoms. The minimum Gasteiger partial charge on any atom is -0.480 e. The summed E-state index contributed by atoms with van der Waals surface area (Å²) in [4.78, 5) is 12.8. The van der Waals surface area contributed by atoms with Crippen molar-refractivity contribution < 1.29 is 13.5 Å². The Morgan fingerprint density at radius 1 is 1.17 bits per heavy atom. The molecule has 11 heteroatoms. The molecule has 0 unspecified atom stereocenters. The highest BCUT2D eigenvalue weighted by atomic mass is 35.5. The van der Waals surface area contributed by atoms with Gasteiger partial charge in [0.15, 0.2) is 11.6 Å². The molecule has 0 aliphatic rings. The van der Waals surface area contributed by atoms with Crippen LogP contribution in [0.2, 0.25) is 5.02 Å². The van der Waals surface area contributed by atoms with Gasteiger partial charge >= 0.3 is 0 Å². The Bertz CT molecular complexity index is 1270. The Labute approximate surface area is 179 Å². The van der Waals surface area contributed by atoms with Gasteiger partial charge in [-0.1, -0.05) is 11.6 Å². The van der Waals surface area contributed by atoms with E-state index >= 15 is 0 Å². The number of nitrogens with two attached hydrogens (primary N) is 1. The van der Waals surface area contributed by atoms with Gasteiger partial charge in [0.25, 0.3) is 0 Å². The van der Waals surface area contributed by atoms with Crippen LogP contribution in [0.25, 0.3) is 22.2 Å². The lowest BCUT2D eigenvalue weighted by Crippen LogP contribution is -1.97. The Kier molecular flexibility index (Phi) is 5.35. The number of pyridine rings is 1. The summed E-state index contributed by atoms with van der Waals surface area (Å²) in [6.07, 6.45) is 4.40. The first-order valence-corrected chi connectivity index (χ1v) is 9.75. The maximum atomic E-state index is 14.7. The van der Waals surface area contributed by atoms with Crippen molar-refractivity contribution in [1.29, 1.82) is 0 Å². The third kappa shape index (κ3) is 3.59. The molecule has 3 heterocycles. The van der Waals surface area contributed by atoms with Crippen molar-refractivity contribution in [3.8, 4) is 17.0 Å². The molecular formula is C19H15ClF2N6OS. The van der Waals surface area contributed by atoms with Crippen LogP contribution in [0.1, 0.15) is 0 Å². The Balaban J connectivity index is 1.75. The second kappa shape index (κ2) is 7.96. The van der Waals surface area contributed by atoms with Gasteiger partial charge in [-0.2, -0.15) is 0 Å². The predicted molar refractivity (Wildman–Crippen MR) is 114 cm³/mol. The second-order valence-electron chi connectivity index (χ2n) is 6.30. The number of fused-ring (bicyclic) bond motifs is 1. The zero-order valence-corrected chi connectivity index (χ0v) is 17.4. The Morgan fingerprint density at radius 3 is 2.73 bits per heavy atom. The Morgan fingerprint density at radius 2 is 1.97 bits per heavy atom. The monoisotopic (exact) mass is 448 g/mol. The van der Waals surface area contributed by atoms with Gasteiger partial charge in [0.1, 0.15) is 17.8 Å². The maximum absolute atomic E-state index is 14.7. The summed E-state index contributed by atoms with van der Waals surface area (Å²) in [6, 6.07) is 4.19. The lowest BCUT2D eigenvalue weighted by Gasteiger charge is -2.11. The van der Waals surface area contributed by atoms with Crippen molar-refractivity contribution in [2.24, 2.45) is 7.05 Å². The smallest absolute Gasteiger partial charge is 0.228 e. The van der Waals surface area contributed by atoms with Crippen LogP contribution in [0.3, 0.4) is 0 Å². The number of ether oxygens (including phenoxy) is 1. The number of benzene rings is 1. The zero-order valence-electron chi connectivity index (χ0n) is 15.8. The van der Waals surface area contributed by atoms with E-state index in [1.54, 1.807) is 23.9 Å². The third-order valence-electron chi connectivity index (χ3n) is 4.36. The van der Waals surface area contributed by atoms with Crippen molar-refractivity contribution >= 4 is 46.1 Å². The van der Waals surface area contributed by atoms with Crippen molar-refractivity contribution in [3.05, 3.63) is 53.6 Å². The van der Waals surface area contributed by atoms with E-state index in [-0.39, 0.29) is 11.4 Å². The molecule has 1 aromatic carbocycles. The summed E-state index contributed by atoms with van der Waals surface area (Å²) in [5, 5.41) is 0.862. The van der Waals surface area contributed by atoms with E-state index < -0.39 is 11.6 Å². The highest BCUT2D eigenvalue weighted by Gasteiger charge is 2.20. The van der Waals surface area contributed by atoms with Gasteiger partial charge in [-0.3, -0.25) is 0 Å². The minimum atomic E-state index is -1.01. The topological polar surface area (TPSA) is 90.9 Å². The largest absolute Gasteiger partial charge is 0.480 e. The van der Waals surface area contributed by atoms with Crippen LogP contribution in [-0.2, 0) is 7.05 Å². The van der Waals surface area contributed by atoms with Crippen LogP contribution >= 0.6 is 23.5 Å². The number of aryl methyl sites for hydroxylation is 1. The molecule has 0 saturated carbocycles. The van der Waals surface area contributed by atoms with Crippen LogP contribution in [0, 0.1) is 11.6 Å². The average Bonchev–Trinajstić information content (AvgIpc) is 3.06. The van der Waals surface area contributed by atoms with E-state index in [1.165, 1.54) is 25.7 Å². The number of hydrogen-bond acceptors (Lipinski definition) is 7. The molecule has 0 saturated heterocycles. The van der Waals surface area contributed by atoms with Gasteiger partial charge < -0.3 is 19.8 Å². The standard InChI is InChI=1S/C19H15ClF2N6OS/c1-28-7-12(15-17(23)25-8-26-18(15)28)11-4-10(5-13(21)16(11)22)27-30-14-3-9(20)6-24-19(14)29-2/h3-8,27H,1-2H3,(H2,23,25,26). The Hall–Kier alpha value is -3.11. The molecule has 3 N–H and O–H groups in total. The number of nitrogen functional groups attached to an aromatic ring is 1. The molecule has 0 radical (unpaired) electrons. The normalized spacial score (nSPS) is 11.1.